The Morgan fingerprint density at radius 1 is 1.35 bits per heavy atom. The minimum atomic E-state index is -1.89. The monoisotopic (exact) mass is 266 g/mol. The van der Waals surface area contributed by atoms with E-state index in [0.29, 0.717) is 4.91 Å². The SMILES string of the molecule is Cc1ccccc1SC1=C(S(=O)O)C=CCC1. The highest BCUT2D eigenvalue weighted by molar-refractivity contribution is 8.03. The second-order valence-corrected chi connectivity index (χ2v) is 5.92. The third-order valence-electron chi connectivity index (χ3n) is 2.60. The summed E-state index contributed by atoms with van der Waals surface area (Å²) in [6.45, 7) is 2.05. The van der Waals surface area contributed by atoms with Gasteiger partial charge in [-0.15, -0.1) is 0 Å². The largest absolute Gasteiger partial charge is 0.302 e. The maximum atomic E-state index is 11.2. The molecule has 0 bridgehead atoms. The summed E-state index contributed by atoms with van der Waals surface area (Å²) >= 11 is -0.287. The second kappa shape index (κ2) is 5.67. The molecule has 2 nitrogen and oxygen atoms in total. The highest BCUT2D eigenvalue weighted by atomic mass is 32.2. The van der Waals surface area contributed by atoms with Crippen molar-refractivity contribution in [2.45, 2.75) is 24.7 Å². The fourth-order valence-electron chi connectivity index (χ4n) is 1.68. The van der Waals surface area contributed by atoms with Gasteiger partial charge in [0.1, 0.15) is 0 Å². The Bertz CT molecular complexity index is 504. The van der Waals surface area contributed by atoms with Gasteiger partial charge in [0.2, 0.25) is 0 Å². The van der Waals surface area contributed by atoms with Gasteiger partial charge in [-0.05, 0) is 37.5 Å². The molecule has 2 rings (SSSR count). The zero-order valence-corrected chi connectivity index (χ0v) is 11.2. The smallest absolute Gasteiger partial charge is 0.187 e. The van der Waals surface area contributed by atoms with Gasteiger partial charge in [0, 0.05) is 9.80 Å². The summed E-state index contributed by atoms with van der Waals surface area (Å²) in [7, 11) is 0. The van der Waals surface area contributed by atoms with Gasteiger partial charge in [-0.1, -0.05) is 36.0 Å². The molecule has 0 aliphatic heterocycles. The molecule has 1 aliphatic carbocycles. The maximum Gasteiger partial charge on any atom is 0.187 e. The Balaban J connectivity index is 2.31. The third-order valence-corrected chi connectivity index (χ3v) is 4.83. The van der Waals surface area contributed by atoms with Crippen molar-refractivity contribution in [3.63, 3.8) is 0 Å². The van der Waals surface area contributed by atoms with Crippen molar-refractivity contribution in [1.82, 2.24) is 0 Å². The lowest BCUT2D eigenvalue weighted by atomic mass is 10.2. The molecule has 0 spiro atoms. The van der Waals surface area contributed by atoms with E-state index in [9.17, 15) is 8.76 Å². The summed E-state index contributed by atoms with van der Waals surface area (Å²) in [4.78, 5) is 2.70. The van der Waals surface area contributed by atoms with E-state index in [4.69, 9.17) is 0 Å². The standard InChI is InChI=1S/C13H14O2S2/c1-10-6-2-3-7-11(10)16-12-8-4-5-9-13(12)17(14)15/h2-3,5-7,9H,4,8H2,1H3,(H,14,15). The molecule has 1 aliphatic rings. The molecule has 17 heavy (non-hydrogen) atoms. The molecule has 0 saturated carbocycles. The quantitative estimate of drug-likeness (QED) is 0.844. The van der Waals surface area contributed by atoms with Crippen LogP contribution >= 0.6 is 11.8 Å². The molecule has 1 N–H and O–H groups in total. The fraction of sp³-hybridized carbons (Fsp3) is 0.231. The molecule has 0 fully saturated rings. The molecule has 0 aromatic heterocycles. The number of hydrogen-bond donors (Lipinski definition) is 1. The predicted molar refractivity (Wildman–Crippen MR) is 73.2 cm³/mol. The van der Waals surface area contributed by atoms with Crippen LogP contribution < -0.4 is 0 Å². The first-order chi connectivity index (χ1) is 8.18. The van der Waals surface area contributed by atoms with E-state index >= 15 is 0 Å². The average Bonchev–Trinajstić information content (AvgIpc) is 2.32. The van der Waals surface area contributed by atoms with Crippen molar-refractivity contribution < 1.29 is 8.76 Å². The van der Waals surface area contributed by atoms with E-state index in [2.05, 4.69) is 13.0 Å². The van der Waals surface area contributed by atoms with Crippen molar-refractivity contribution in [3.05, 3.63) is 51.8 Å². The molecule has 1 unspecified atom stereocenters. The minimum absolute atomic E-state index is 0.546. The molecular weight excluding hydrogens is 252 g/mol. The zero-order chi connectivity index (χ0) is 12.3. The number of benzene rings is 1. The summed E-state index contributed by atoms with van der Waals surface area (Å²) < 4.78 is 20.5. The Hall–Kier alpha value is -0.840. The van der Waals surface area contributed by atoms with E-state index in [1.165, 1.54) is 5.56 Å². The lowest BCUT2D eigenvalue weighted by molar-refractivity contribution is 0.571. The first kappa shape index (κ1) is 12.6. The van der Waals surface area contributed by atoms with E-state index in [0.717, 1.165) is 22.6 Å². The van der Waals surface area contributed by atoms with Gasteiger partial charge in [0.25, 0.3) is 0 Å². The van der Waals surface area contributed by atoms with Gasteiger partial charge in [-0.2, -0.15) is 0 Å². The van der Waals surface area contributed by atoms with Gasteiger partial charge in [0.15, 0.2) is 11.1 Å². The first-order valence-corrected chi connectivity index (χ1v) is 7.35. The lowest BCUT2D eigenvalue weighted by Crippen LogP contribution is -1.98. The second-order valence-electron chi connectivity index (χ2n) is 3.85. The molecule has 0 saturated heterocycles. The molecule has 0 radical (unpaired) electrons. The van der Waals surface area contributed by atoms with E-state index in [1.54, 1.807) is 17.8 Å². The van der Waals surface area contributed by atoms with Crippen LogP contribution in [0.15, 0.2) is 51.1 Å². The van der Waals surface area contributed by atoms with Crippen LogP contribution in [0.1, 0.15) is 18.4 Å². The number of thioether (sulfide) groups is 1. The number of allylic oxidation sites excluding steroid dienone is 3. The Morgan fingerprint density at radius 2 is 2.12 bits per heavy atom. The number of hydrogen-bond acceptors (Lipinski definition) is 2. The van der Waals surface area contributed by atoms with E-state index < -0.39 is 11.1 Å². The predicted octanol–water partition coefficient (Wildman–Crippen LogP) is 3.87. The molecule has 1 atom stereocenters. The van der Waals surface area contributed by atoms with Crippen LogP contribution in [0.4, 0.5) is 0 Å². The third kappa shape index (κ3) is 3.09. The summed E-state index contributed by atoms with van der Waals surface area (Å²) in [5.41, 5.74) is 1.20. The zero-order valence-electron chi connectivity index (χ0n) is 9.55. The lowest BCUT2D eigenvalue weighted by Gasteiger charge is -2.14. The number of aryl methyl sites for hydroxylation is 1. The van der Waals surface area contributed by atoms with Crippen LogP contribution in [-0.4, -0.2) is 8.76 Å². The molecule has 4 heteroatoms. The van der Waals surface area contributed by atoms with Gasteiger partial charge in [0.05, 0.1) is 4.91 Å². The van der Waals surface area contributed by atoms with Crippen molar-refractivity contribution in [2.24, 2.45) is 0 Å². The van der Waals surface area contributed by atoms with Crippen LogP contribution in [0, 0.1) is 6.92 Å². The van der Waals surface area contributed by atoms with Crippen LogP contribution in [0.2, 0.25) is 0 Å². The van der Waals surface area contributed by atoms with Crippen molar-refractivity contribution in [1.29, 1.82) is 0 Å². The van der Waals surface area contributed by atoms with Gasteiger partial charge < -0.3 is 4.55 Å². The van der Waals surface area contributed by atoms with E-state index in [-0.39, 0.29) is 0 Å². The minimum Gasteiger partial charge on any atom is -0.302 e. The molecule has 1 aromatic carbocycles. The normalized spacial score (nSPS) is 17.3. The Morgan fingerprint density at radius 3 is 2.82 bits per heavy atom. The summed E-state index contributed by atoms with van der Waals surface area (Å²) in [6, 6.07) is 8.09. The van der Waals surface area contributed by atoms with Gasteiger partial charge in [-0.25, -0.2) is 4.21 Å². The maximum absolute atomic E-state index is 11.2. The Labute approximate surface area is 108 Å². The average molecular weight is 266 g/mol. The fourth-order valence-corrected chi connectivity index (χ4v) is 3.56. The topological polar surface area (TPSA) is 37.3 Å². The van der Waals surface area contributed by atoms with Crippen LogP contribution in [-0.2, 0) is 11.1 Å². The highest BCUT2D eigenvalue weighted by Crippen LogP contribution is 2.37. The Kier molecular flexibility index (Phi) is 4.20. The van der Waals surface area contributed by atoms with Crippen molar-refractivity contribution >= 4 is 22.8 Å². The van der Waals surface area contributed by atoms with E-state index in [1.807, 2.05) is 24.3 Å². The summed E-state index contributed by atoms with van der Waals surface area (Å²) in [5.74, 6) is 0. The number of rotatable bonds is 3. The van der Waals surface area contributed by atoms with Crippen LogP contribution in [0.25, 0.3) is 0 Å². The van der Waals surface area contributed by atoms with Crippen molar-refractivity contribution in [3.8, 4) is 0 Å². The molecule has 0 heterocycles. The molecule has 0 amide bonds. The van der Waals surface area contributed by atoms with Crippen molar-refractivity contribution in [2.75, 3.05) is 0 Å². The van der Waals surface area contributed by atoms with Gasteiger partial charge >= 0.3 is 0 Å². The first-order valence-electron chi connectivity index (χ1n) is 5.42. The van der Waals surface area contributed by atoms with Gasteiger partial charge in [-0.3, -0.25) is 0 Å². The molecule has 1 aromatic rings. The molecule has 90 valence electrons. The summed E-state index contributed by atoms with van der Waals surface area (Å²) in [6.07, 6.45) is 5.50. The highest BCUT2D eigenvalue weighted by Gasteiger charge is 2.14. The molecular formula is C13H14O2S2. The summed E-state index contributed by atoms with van der Waals surface area (Å²) in [5, 5.41) is 0. The van der Waals surface area contributed by atoms with Crippen LogP contribution in [0.5, 0.6) is 0 Å². The van der Waals surface area contributed by atoms with Crippen LogP contribution in [0.3, 0.4) is 0 Å².